The first-order chi connectivity index (χ1) is 7.63. The molecule has 0 radical (unpaired) electrons. The first kappa shape index (κ1) is 12.5. The summed E-state index contributed by atoms with van der Waals surface area (Å²) in [7, 11) is 0. The van der Waals surface area contributed by atoms with E-state index in [1.54, 1.807) is 6.07 Å². The molecule has 2 nitrogen and oxygen atoms in total. The number of nitrogens with one attached hydrogen (secondary N) is 1. The highest BCUT2D eigenvalue weighted by atomic mass is 79.9. The highest BCUT2D eigenvalue weighted by Crippen LogP contribution is 2.27. The van der Waals surface area contributed by atoms with Crippen LogP contribution in [0.25, 0.3) is 0 Å². The third kappa shape index (κ3) is 2.53. The molecule has 1 rings (SSSR count). The minimum atomic E-state index is -0.493. The average molecular weight is 281 g/mol. The van der Waals surface area contributed by atoms with Gasteiger partial charge in [0.1, 0.15) is 6.07 Å². The molecule has 1 aromatic rings. The topological polar surface area (TPSA) is 35.8 Å². The van der Waals surface area contributed by atoms with Crippen molar-refractivity contribution >= 4 is 21.6 Å². The van der Waals surface area contributed by atoms with E-state index in [2.05, 4.69) is 27.2 Å². The Bertz CT molecular complexity index is 471. The van der Waals surface area contributed by atoms with Crippen molar-refractivity contribution in [2.45, 2.75) is 19.4 Å². The molecule has 16 heavy (non-hydrogen) atoms. The van der Waals surface area contributed by atoms with Gasteiger partial charge in [0, 0.05) is 0 Å². The molecule has 0 amide bonds. The van der Waals surface area contributed by atoms with Crippen LogP contribution in [0.15, 0.2) is 16.6 Å². The summed E-state index contributed by atoms with van der Waals surface area (Å²) < 4.78 is 13.9. The Morgan fingerprint density at radius 3 is 2.81 bits per heavy atom. The molecule has 0 aliphatic carbocycles. The second-order valence-electron chi connectivity index (χ2n) is 3.17. The number of nitrogens with zero attached hydrogens (tertiary/aromatic N) is 1. The Morgan fingerprint density at radius 2 is 2.31 bits per heavy atom. The lowest BCUT2D eigenvalue weighted by atomic mass is 10.2. The second-order valence-corrected chi connectivity index (χ2v) is 3.97. The van der Waals surface area contributed by atoms with E-state index in [4.69, 9.17) is 11.7 Å². The summed E-state index contributed by atoms with van der Waals surface area (Å²) in [5.41, 5.74) is 0.562. The molecular formula is C12H10BrFN2. The number of rotatable bonds is 3. The predicted octanol–water partition coefficient (Wildman–Crippen LogP) is 3.28. The first-order valence-corrected chi connectivity index (χ1v) is 5.54. The van der Waals surface area contributed by atoms with Crippen LogP contribution < -0.4 is 5.32 Å². The van der Waals surface area contributed by atoms with Crippen molar-refractivity contribution < 1.29 is 4.39 Å². The van der Waals surface area contributed by atoms with Gasteiger partial charge in [-0.3, -0.25) is 0 Å². The Hall–Kier alpha value is -1.52. The summed E-state index contributed by atoms with van der Waals surface area (Å²) in [4.78, 5) is 0. The van der Waals surface area contributed by atoms with Crippen molar-refractivity contribution in [1.82, 2.24) is 0 Å². The van der Waals surface area contributed by atoms with Crippen LogP contribution in [0.3, 0.4) is 0 Å². The Morgan fingerprint density at radius 1 is 1.62 bits per heavy atom. The standard InChI is InChI=1S/C12H10BrFN2/c1-3-9(4-2)16-10-6-5-8(7-15)11(13)12(10)14/h1,5-6,9,16H,4H2,2H3. The number of nitriles is 1. The molecule has 1 aromatic carbocycles. The summed E-state index contributed by atoms with van der Waals surface area (Å²) in [6.45, 7) is 1.91. The molecule has 0 spiro atoms. The quantitative estimate of drug-likeness (QED) is 0.863. The zero-order valence-corrected chi connectivity index (χ0v) is 10.3. The summed E-state index contributed by atoms with van der Waals surface area (Å²) in [5.74, 6) is 2.02. The van der Waals surface area contributed by atoms with Crippen molar-refractivity contribution in [3.8, 4) is 18.4 Å². The van der Waals surface area contributed by atoms with Gasteiger partial charge in [-0.1, -0.05) is 12.8 Å². The zero-order valence-electron chi connectivity index (χ0n) is 8.72. The molecule has 1 unspecified atom stereocenters. The molecule has 0 saturated heterocycles. The van der Waals surface area contributed by atoms with E-state index in [-0.39, 0.29) is 16.1 Å². The molecule has 0 aliphatic heterocycles. The fraction of sp³-hybridized carbons (Fsp3) is 0.250. The third-order valence-electron chi connectivity index (χ3n) is 2.14. The minimum absolute atomic E-state index is 0.159. The lowest BCUT2D eigenvalue weighted by Crippen LogP contribution is -2.16. The van der Waals surface area contributed by atoms with Crippen LogP contribution in [0.1, 0.15) is 18.9 Å². The van der Waals surface area contributed by atoms with E-state index in [1.807, 2.05) is 13.0 Å². The van der Waals surface area contributed by atoms with Gasteiger partial charge in [-0.25, -0.2) is 4.39 Å². The lowest BCUT2D eigenvalue weighted by molar-refractivity contribution is 0.621. The van der Waals surface area contributed by atoms with Gasteiger partial charge >= 0.3 is 0 Å². The molecule has 1 N–H and O–H groups in total. The maximum atomic E-state index is 13.8. The first-order valence-electron chi connectivity index (χ1n) is 4.74. The van der Waals surface area contributed by atoms with E-state index < -0.39 is 5.82 Å². The average Bonchev–Trinajstić information content (AvgIpc) is 2.31. The van der Waals surface area contributed by atoms with Gasteiger partial charge < -0.3 is 5.32 Å². The summed E-state index contributed by atoms with van der Waals surface area (Å²) in [6.07, 6.45) is 5.98. The van der Waals surface area contributed by atoms with Crippen LogP contribution in [-0.2, 0) is 0 Å². The maximum absolute atomic E-state index is 13.8. The van der Waals surface area contributed by atoms with E-state index in [0.717, 1.165) is 0 Å². The molecule has 0 saturated carbocycles. The van der Waals surface area contributed by atoms with Crippen LogP contribution in [-0.4, -0.2) is 6.04 Å². The number of hydrogen-bond donors (Lipinski definition) is 1. The number of hydrogen-bond acceptors (Lipinski definition) is 2. The van der Waals surface area contributed by atoms with Crippen molar-refractivity contribution in [3.63, 3.8) is 0 Å². The van der Waals surface area contributed by atoms with Gasteiger partial charge in [-0.05, 0) is 34.5 Å². The zero-order chi connectivity index (χ0) is 12.1. The molecule has 0 aromatic heterocycles. The highest BCUT2D eigenvalue weighted by Gasteiger charge is 2.12. The maximum Gasteiger partial charge on any atom is 0.161 e. The fourth-order valence-electron chi connectivity index (χ4n) is 1.20. The van der Waals surface area contributed by atoms with Gasteiger partial charge in [0.2, 0.25) is 0 Å². The second kappa shape index (κ2) is 5.53. The summed E-state index contributed by atoms with van der Waals surface area (Å²) >= 11 is 3.04. The van der Waals surface area contributed by atoms with E-state index in [0.29, 0.717) is 12.1 Å². The molecule has 0 aliphatic rings. The van der Waals surface area contributed by atoms with Gasteiger partial charge in [0.05, 0.1) is 21.8 Å². The predicted molar refractivity (Wildman–Crippen MR) is 65.3 cm³/mol. The van der Waals surface area contributed by atoms with Gasteiger partial charge in [-0.2, -0.15) is 5.26 Å². The van der Waals surface area contributed by atoms with Crippen molar-refractivity contribution in [3.05, 3.63) is 28.0 Å². The highest BCUT2D eigenvalue weighted by molar-refractivity contribution is 9.10. The van der Waals surface area contributed by atoms with Crippen LogP contribution in [0, 0.1) is 29.5 Å². The van der Waals surface area contributed by atoms with Crippen LogP contribution in [0.5, 0.6) is 0 Å². The van der Waals surface area contributed by atoms with E-state index in [9.17, 15) is 4.39 Å². The van der Waals surface area contributed by atoms with E-state index in [1.165, 1.54) is 6.07 Å². The summed E-state index contributed by atoms with van der Waals surface area (Å²) in [5, 5.41) is 11.6. The number of benzene rings is 1. The third-order valence-corrected chi connectivity index (χ3v) is 2.92. The smallest absolute Gasteiger partial charge is 0.161 e. The van der Waals surface area contributed by atoms with Gasteiger partial charge in [-0.15, -0.1) is 6.42 Å². The normalized spacial score (nSPS) is 11.3. The molecule has 0 bridgehead atoms. The Labute approximate surface area is 103 Å². The number of anilines is 1. The van der Waals surface area contributed by atoms with Crippen molar-refractivity contribution in [1.29, 1.82) is 5.26 Å². The van der Waals surface area contributed by atoms with Crippen LogP contribution >= 0.6 is 15.9 Å². The molecule has 0 heterocycles. The molecule has 1 atom stereocenters. The largest absolute Gasteiger partial charge is 0.369 e. The van der Waals surface area contributed by atoms with Gasteiger partial charge in [0.25, 0.3) is 0 Å². The molecule has 4 heteroatoms. The van der Waals surface area contributed by atoms with Crippen LogP contribution in [0.2, 0.25) is 0 Å². The number of terminal acetylenes is 1. The monoisotopic (exact) mass is 280 g/mol. The molecule has 82 valence electrons. The van der Waals surface area contributed by atoms with Crippen molar-refractivity contribution in [2.75, 3.05) is 5.32 Å². The van der Waals surface area contributed by atoms with Crippen LogP contribution in [0.4, 0.5) is 10.1 Å². The number of halogens is 2. The Kier molecular flexibility index (Phi) is 4.34. The van der Waals surface area contributed by atoms with Crippen molar-refractivity contribution in [2.24, 2.45) is 0 Å². The summed E-state index contributed by atoms with van der Waals surface area (Å²) in [6, 6.07) is 4.73. The molecular weight excluding hydrogens is 271 g/mol. The minimum Gasteiger partial charge on any atom is -0.369 e. The Balaban J connectivity index is 3.05. The van der Waals surface area contributed by atoms with Gasteiger partial charge in [0.15, 0.2) is 5.82 Å². The lowest BCUT2D eigenvalue weighted by Gasteiger charge is -2.13. The molecule has 0 fully saturated rings. The fourth-order valence-corrected chi connectivity index (χ4v) is 1.63. The SMILES string of the molecule is C#CC(CC)Nc1ccc(C#N)c(Br)c1F. The van der Waals surface area contributed by atoms with E-state index >= 15 is 0 Å².